The lowest BCUT2D eigenvalue weighted by atomic mass is 10.1. The molecule has 3 rings (SSSR count). The summed E-state index contributed by atoms with van der Waals surface area (Å²) in [5.41, 5.74) is 0.750. The number of hydrogen-bond acceptors (Lipinski definition) is 5. The average molecular weight is 374 g/mol. The molecule has 7 nitrogen and oxygen atoms in total. The summed E-state index contributed by atoms with van der Waals surface area (Å²) in [6.07, 6.45) is 2.78. The van der Waals surface area contributed by atoms with Crippen LogP contribution >= 0.6 is 0 Å². The van der Waals surface area contributed by atoms with Crippen molar-refractivity contribution in [2.75, 3.05) is 6.54 Å². The summed E-state index contributed by atoms with van der Waals surface area (Å²) in [6.45, 7) is 4.02. The summed E-state index contributed by atoms with van der Waals surface area (Å²) in [5, 5.41) is 11.9. The van der Waals surface area contributed by atoms with Crippen LogP contribution < -0.4 is 15.6 Å². The SMILES string of the molecule is CCNC(=O)C(C#N)=Cc1c(Oc2cccc(C)c2)nc2ccccn2c1=O. The van der Waals surface area contributed by atoms with Crippen molar-refractivity contribution in [2.24, 2.45) is 0 Å². The second kappa shape index (κ2) is 8.18. The van der Waals surface area contributed by atoms with Crippen molar-refractivity contribution < 1.29 is 9.53 Å². The Balaban J connectivity index is 2.21. The highest BCUT2D eigenvalue weighted by Crippen LogP contribution is 2.24. The Morgan fingerprint density at radius 1 is 1.32 bits per heavy atom. The molecule has 28 heavy (non-hydrogen) atoms. The van der Waals surface area contributed by atoms with Gasteiger partial charge in [0, 0.05) is 12.7 Å². The summed E-state index contributed by atoms with van der Waals surface area (Å²) < 4.78 is 7.19. The number of carbonyl (C=O) groups is 1. The summed E-state index contributed by atoms with van der Waals surface area (Å²) >= 11 is 0. The molecule has 0 aliphatic heterocycles. The molecule has 0 aliphatic rings. The van der Waals surface area contributed by atoms with Crippen LogP contribution in [-0.4, -0.2) is 21.8 Å². The van der Waals surface area contributed by atoms with Crippen LogP contribution in [0.5, 0.6) is 11.6 Å². The molecule has 0 bridgehead atoms. The molecule has 0 aliphatic carbocycles. The molecule has 2 heterocycles. The highest BCUT2D eigenvalue weighted by molar-refractivity contribution is 6.01. The Morgan fingerprint density at radius 3 is 2.86 bits per heavy atom. The maximum absolute atomic E-state index is 13.0. The van der Waals surface area contributed by atoms with Crippen LogP contribution in [0.15, 0.2) is 59.0 Å². The van der Waals surface area contributed by atoms with Crippen molar-refractivity contribution in [3.05, 3.63) is 75.7 Å². The number of aryl methyl sites for hydroxylation is 1. The molecular formula is C21H18N4O3. The third kappa shape index (κ3) is 3.91. The molecule has 1 aromatic carbocycles. The van der Waals surface area contributed by atoms with Crippen LogP contribution in [0.4, 0.5) is 0 Å². The smallest absolute Gasteiger partial charge is 0.269 e. The van der Waals surface area contributed by atoms with E-state index in [2.05, 4.69) is 10.3 Å². The number of aromatic nitrogens is 2. The molecule has 7 heteroatoms. The van der Waals surface area contributed by atoms with E-state index in [0.717, 1.165) is 5.56 Å². The minimum atomic E-state index is -0.566. The van der Waals surface area contributed by atoms with E-state index in [-0.39, 0.29) is 17.0 Å². The maximum atomic E-state index is 13.0. The fourth-order valence-electron chi connectivity index (χ4n) is 2.62. The minimum Gasteiger partial charge on any atom is -0.438 e. The summed E-state index contributed by atoms with van der Waals surface area (Å²) in [5.74, 6) is -0.0405. The zero-order chi connectivity index (χ0) is 20.1. The van der Waals surface area contributed by atoms with E-state index in [1.165, 1.54) is 10.5 Å². The van der Waals surface area contributed by atoms with Crippen LogP contribution in [0.3, 0.4) is 0 Å². The molecule has 1 amide bonds. The number of nitriles is 1. The van der Waals surface area contributed by atoms with Gasteiger partial charge < -0.3 is 10.1 Å². The number of nitrogens with zero attached hydrogens (tertiary/aromatic N) is 3. The number of rotatable bonds is 5. The number of nitrogens with one attached hydrogen (secondary N) is 1. The predicted molar refractivity (Wildman–Crippen MR) is 105 cm³/mol. The maximum Gasteiger partial charge on any atom is 0.269 e. The Kier molecular flexibility index (Phi) is 5.51. The van der Waals surface area contributed by atoms with E-state index in [9.17, 15) is 14.9 Å². The van der Waals surface area contributed by atoms with Crippen molar-refractivity contribution in [3.8, 4) is 17.7 Å². The summed E-state index contributed by atoms with van der Waals surface area (Å²) in [4.78, 5) is 29.5. The zero-order valence-corrected chi connectivity index (χ0v) is 15.5. The molecule has 0 atom stereocenters. The molecular weight excluding hydrogens is 356 g/mol. The van der Waals surface area contributed by atoms with E-state index < -0.39 is 11.5 Å². The van der Waals surface area contributed by atoms with Gasteiger partial charge in [-0.3, -0.25) is 14.0 Å². The molecule has 0 saturated carbocycles. The van der Waals surface area contributed by atoms with Gasteiger partial charge in [-0.1, -0.05) is 18.2 Å². The monoisotopic (exact) mass is 374 g/mol. The lowest BCUT2D eigenvalue weighted by molar-refractivity contribution is -0.116. The molecule has 0 spiro atoms. The standard InChI is InChI=1S/C21H18N4O3/c1-3-23-19(26)15(13-22)12-17-20(28-16-8-6-7-14(2)11-16)24-18-9-4-5-10-25(18)21(17)27/h4-12H,3H2,1-2H3,(H,23,26). The van der Waals surface area contributed by atoms with E-state index in [4.69, 9.17) is 4.74 Å². The Bertz CT molecular complexity index is 1170. The van der Waals surface area contributed by atoms with Crippen LogP contribution in [0.1, 0.15) is 18.1 Å². The largest absolute Gasteiger partial charge is 0.438 e. The van der Waals surface area contributed by atoms with Gasteiger partial charge in [-0.25, -0.2) is 0 Å². The number of benzene rings is 1. The first-order valence-corrected chi connectivity index (χ1v) is 8.69. The molecule has 3 aromatic rings. The van der Waals surface area contributed by atoms with E-state index in [0.29, 0.717) is 17.9 Å². The van der Waals surface area contributed by atoms with Crippen LogP contribution in [-0.2, 0) is 4.79 Å². The van der Waals surface area contributed by atoms with E-state index in [1.54, 1.807) is 43.5 Å². The van der Waals surface area contributed by atoms with Gasteiger partial charge in [-0.15, -0.1) is 0 Å². The fraction of sp³-hybridized carbons (Fsp3) is 0.143. The van der Waals surface area contributed by atoms with Crippen molar-refractivity contribution in [3.63, 3.8) is 0 Å². The van der Waals surface area contributed by atoms with Gasteiger partial charge in [-0.2, -0.15) is 10.2 Å². The third-order valence-electron chi connectivity index (χ3n) is 3.93. The van der Waals surface area contributed by atoms with Gasteiger partial charge in [0.15, 0.2) is 0 Å². The highest BCUT2D eigenvalue weighted by atomic mass is 16.5. The van der Waals surface area contributed by atoms with Crippen LogP contribution in [0.2, 0.25) is 0 Å². The van der Waals surface area contributed by atoms with Gasteiger partial charge in [0.2, 0.25) is 5.88 Å². The molecule has 0 radical (unpaired) electrons. The molecule has 0 unspecified atom stereocenters. The predicted octanol–water partition coefficient (Wildman–Crippen LogP) is 2.84. The second-order valence-electron chi connectivity index (χ2n) is 6.01. The van der Waals surface area contributed by atoms with Crippen LogP contribution in [0.25, 0.3) is 11.7 Å². The number of pyridine rings is 1. The van der Waals surface area contributed by atoms with Gasteiger partial charge in [0.25, 0.3) is 11.5 Å². The number of amides is 1. The number of carbonyl (C=O) groups excluding carboxylic acids is 1. The third-order valence-corrected chi connectivity index (χ3v) is 3.93. The topological polar surface area (TPSA) is 96.5 Å². The van der Waals surface area contributed by atoms with Crippen molar-refractivity contribution >= 4 is 17.6 Å². The fourth-order valence-corrected chi connectivity index (χ4v) is 2.62. The van der Waals surface area contributed by atoms with E-state index >= 15 is 0 Å². The van der Waals surface area contributed by atoms with Gasteiger partial charge in [-0.05, 0) is 49.8 Å². The second-order valence-corrected chi connectivity index (χ2v) is 6.01. The van der Waals surface area contributed by atoms with Gasteiger partial charge in [0.05, 0.1) is 0 Å². The quantitative estimate of drug-likeness (QED) is 0.547. The van der Waals surface area contributed by atoms with Gasteiger partial charge >= 0.3 is 0 Å². The summed E-state index contributed by atoms with van der Waals surface area (Å²) in [7, 11) is 0. The molecule has 140 valence electrons. The number of likely N-dealkylation sites (N-methyl/N-ethyl adjacent to an activating group) is 1. The van der Waals surface area contributed by atoms with E-state index in [1.807, 2.05) is 25.1 Å². The average Bonchev–Trinajstić information content (AvgIpc) is 2.68. The lowest BCUT2D eigenvalue weighted by Crippen LogP contribution is -2.25. The molecule has 0 saturated heterocycles. The first-order valence-electron chi connectivity index (χ1n) is 8.69. The lowest BCUT2D eigenvalue weighted by Gasteiger charge is -2.10. The normalized spacial score (nSPS) is 11.1. The van der Waals surface area contributed by atoms with Gasteiger partial charge in [0.1, 0.15) is 28.6 Å². The highest BCUT2D eigenvalue weighted by Gasteiger charge is 2.17. The Morgan fingerprint density at radius 2 is 2.14 bits per heavy atom. The van der Waals surface area contributed by atoms with Crippen LogP contribution in [0, 0.1) is 18.3 Å². The number of ether oxygens (including phenoxy) is 1. The first-order chi connectivity index (χ1) is 13.5. The first kappa shape index (κ1) is 18.9. The molecule has 2 aromatic heterocycles. The molecule has 0 fully saturated rings. The Hall–Kier alpha value is -3.92. The van der Waals surface area contributed by atoms with Crippen molar-refractivity contribution in [1.82, 2.24) is 14.7 Å². The number of hydrogen-bond donors (Lipinski definition) is 1. The van der Waals surface area contributed by atoms with Crippen molar-refractivity contribution in [1.29, 1.82) is 5.26 Å². The summed E-state index contributed by atoms with van der Waals surface area (Å²) in [6, 6.07) is 14.2. The molecule has 1 N–H and O–H groups in total. The number of fused-ring (bicyclic) bond motifs is 1. The Labute approximate surface area is 161 Å². The zero-order valence-electron chi connectivity index (χ0n) is 15.5. The van der Waals surface area contributed by atoms with Crippen molar-refractivity contribution in [2.45, 2.75) is 13.8 Å². The minimum absolute atomic E-state index is 0.0213.